The monoisotopic (exact) mass is 311 g/mol. The molecule has 3 nitrogen and oxygen atoms in total. The van der Waals surface area contributed by atoms with Crippen molar-refractivity contribution in [3.63, 3.8) is 0 Å². The molecule has 1 aliphatic carbocycles. The molecule has 1 saturated carbocycles. The van der Waals surface area contributed by atoms with E-state index < -0.39 is 0 Å². The van der Waals surface area contributed by atoms with Crippen LogP contribution in [-0.4, -0.2) is 22.9 Å². The predicted octanol–water partition coefficient (Wildman–Crippen LogP) is 3.98. The second-order valence-corrected chi connectivity index (χ2v) is 6.73. The summed E-state index contributed by atoms with van der Waals surface area (Å²) in [6.45, 7) is 6.53. The van der Waals surface area contributed by atoms with Crippen LogP contribution in [0, 0.1) is 11.8 Å². The highest BCUT2D eigenvalue weighted by Gasteiger charge is 2.26. The molecule has 0 amide bonds. The molecule has 2 unspecified atom stereocenters. The molecule has 1 aromatic rings. The van der Waals surface area contributed by atoms with Crippen LogP contribution < -0.4 is 5.32 Å². The summed E-state index contributed by atoms with van der Waals surface area (Å²) in [5, 5.41) is 9.03. The first kappa shape index (κ1) is 16.8. The molecule has 1 aromatic heterocycles. The van der Waals surface area contributed by atoms with Crippen LogP contribution in [0.25, 0.3) is 0 Å². The van der Waals surface area contributed by atoms with E-state index in [-0.39, 0.29) is 0 Å². The van der Waals surface area contributed by atoms with Crippen LogP contribution in [0.2, 0.25) is 5.02 Å². The van der Waals surface area contributed by atoms with E-state index in [1.54, 1.807) is 0 Å². The standard InChI is InChI=1S/C17H30ClN3/c1-4-15-17(18)16(21(3)20-15)11-13-9-7-6-8-10-14(13)12-19-5-2/h13-14,19H,4-12H2,1-3H3. The van der Waals surface area contributed by atoms with E-state index in [2.05, 4.69) is 24.3 Å². The van der Waals surface area contributed by atoms with Crippen LogP contribution in [-0.2, 0) is 19.9 Å². The minimum Gasteiger partial charge on any atom is -0.317 e. The van der Waals surface area contributed by atoms with Gasteiger partial charge < -0.3 is 5.32 Å². The Morgan fingerprint density at radius 2 is 1.90 bits per heavy atom. The van der Waals surface area contributed by atoms with Crippen molar-refractivity contribution < 1.29 is 0 Å². The van der Waals surface area contributed by atoms with E-state index in [1.165, 1.54) is 37.8 Å². The summed E-state index contributed by atoms with van der Waals surface area (Å²) in [6.07, 6.45) is 8.82. The molecule has 0 saturated heterocycles. The molecule has 0 aromatic carbocycles. The van der Waals surface area contributed by atoms with Crippen LogP contribution in [0.15, 0.2) is 0 Å². The number of rotatable bonds is 6. The zero-order chi connectivity index (χ0) is 15.2. The molecule has 2 atom stereocenters. The third-order valence-corrected chi connectivity index (χ3v) is 5.37. The van der Waals surface area contributed by atoms with Crippen molar-refractivity contribution in [1.82, 2.24) is 15.1 Å². The zero-order valence-electron chi connectivity index (χ0n) is 13.8. The first-order valence-electron chi connectivity index (χ1n) is 8.58. The first-order valence-corrected chi connectivity index (χ1v) is 8.96. The normalized spacial score (nSPS) is 23.2. The second kappa shape index (κ2) is 8.19. The predicted molar refractivity (Wildman–Crippen MR) is 89.9 cm³/mol. The van der Waals surface area contributed by atoms with E-state index >= 15 is 0 Å². The Hall–Kier alpha value is -0.540. The third-order valence-electron chi connectivity index (χ3n) is 4.93. The lowest BCUT2D eigenvalue weighted by Gasteiger charge is -2.25. The summed E-state index contributed by atoms with van der Waals surface area (Å²) in [5.74, 6) is 1.52. The Morgan fingerprint density at radius 3 is 2.52 bits per heavy atom. The van der Waals surface area contributed by atoms with Gasteiger partial charge in [0.05, 0.1) is 16.4 Å². The molecule has 1 aliphatic rings. The van der Waals surface area contributed by atoms with Gasteiger partial charge in [0.1, 0.15) is 0 Å². The van der Waals surface area contributed by atoms with Gasteiger partial charge in [-0.05, 0) is 50.6 Å². The molecule has 4 heteroatoms. The molecule has 0 bridgehead atoms. The fourth-order valence-corrected chi connectivity index (χ4v) is 3.99. The molecule has 21 heavy (non-hydrogen) atoms. The minimum atomic E-state index is 0.740. The fraction of sp³-hybridized carbons (Fsp3) is 0.824. The van der Waals surface area contributed by atoms with Crippen molar-refractivity contribution in [3.05, 3.63) is 16.4 Å². The average molecular weight is 312 g/mol. The van der Waals surface area contributed by atoms with Crippen molar-refractivity contribution in [1.29, 1.82) is 0 Å². The highest BCUT2D eigenvalue weighted by Crippen LogP contribution is 2.33. The van der Waals surface area contributed by atoms with E-state index in [0.29, 0.717) is 0 Å². The van der Waals surface area contributed by atoms with Gasteiger partial charge in [-0.15, -0.1) is 0 Å². The number of aryl methyl sites for hydroxylation is 2. The van der Waals surface area contributed by atoms with Gasteiger partial charge in [-0.3, -0.25) is 4.68 Å². The summed E-state index contributed by atoms with van der Waals surface area (Å²) < 4.78 is 2.01. The van der Waals surface area contributed by atoms with Crippen molar-refractivity contribution in [2.45, 2.75) is 58.8 Å². The van der Waals surface area contributed by atoms with Gasteiger partial charge in [0, 0.05) is 7.05 Å². The first-order chi connectivity index (χ1) is 10.2. The van der Waals surface area contributed by atoms with Crippen molar-refractivity contribution in [3.8, 4) is 0 Å². The van der Waals surface area contributed by atoms with Gasteiger partial charge in [0.2, 0.25) is 0 Å². The smallest absolute Gasteiger partial charge is 0.0849 e. The zero-order valence-corrected chi connectivity index (χ0v) is 14.5. The van der Waals surface area contributed by atoms with Crippen LogP contribution in [0.1, 0.15) is 57.3 Å². The van der Waals surface area contributed by atoms with Crippen molar-refractivity contribution in [2.75, 3.05) is 13.1 Å². The highest BCUT2D eigenvalue weighted by atomic mass is 35.5. The maximum Gasteiger partial charge on any atom is 0.0849 e. The molecule has 0 spiro atoms. The third kappa shape index (κ3) is 4.23. The van der Waals surface area contributed by atoms with Crippen LogP contribution in [0.5, 0.6) is 0 Å². The summed E-state index contributed by atoms with van der Waals surface area (Å²) >= 11 is 6.54. The van der Waals surface area contributed by atoms with Gasteiger partial charge in [0.15, 0.2) is 0 Å². The van der Waals surface area contributed by atoms with Gasteiger partial charge >= 0.3 is 0 Å². The summed E-state index contributed by atoms with van der Waals surface area (Å²) in [7, 11) is 2.04. The summed E-state index contributed by atoms with van der Waals surface area (Å²) in [6, 6.07) is 0. The van der Waals surface area contributed by atoms with Crippen LogP contribution >= 0.6 is 11.6 Å². The number of nitrogens with zero attached hydrogens (tertiary/aromatic N) is 2. The molecule has 0 aliphatic heterocycles. The molecule has 1 heterocycles. The maximum absolute atomic E-state index is 6.54. The van der Waals surface area contributed by atoms with E-state index in [1.807, 2.05) is 11.7 Å². The second-order valence-electron chi connectivity index (χ2n) is 6.35. The largest absolute Gasteiger partial charge is 0.317 e. The molecule has 0 radical (unpaired) electrons. The van der Waals surface area contributed by atoms with Gasteiger partial charge in [-0.25, -0.2) is 0 Å². The maximum atomic E-state index is 6.54. The molecular weight excluding hydrogens is 282 g/mol. The number of halogens is 1. The molecule has 120 valence electrons. The van der Waals surface area contributed by atoms with Gasteiger partial charge in [-0.1, -0.05) is 44.7 Å². The lowest BCUT2D eigenvalue weighted by molar-refractivity contribution is 0.295. The lowest BCUT2D eigenvalue weighted by atomic mass is 9.84. The summed E-state index contributed by atoms with van der Waals surface area (Å²) in [5.41, 5.74) is 2.29. The Bertz CT molecular complexity index is 441. The molecule has 1 N–H and O–H groups in total. The minimum absolute atomic E-state index is 0.740. The molecule has 2 rings (SSSR count). The molecular formula is C17H30ClN3. The van der Waals surface area contributed by atoms with Crippen LogP contribution in [0.3, 0.4) is 0 Å². The fourth-order valence-electron chi connectivity index (χ4n) is 3.62. The number of aromatic nitrogens is 2. The number of nitrogens with one attached hydrogen (secondary N) is 1. The molecule has 1 fully saturated rings. The average Bonchev–Trinajstić information content (AvgIpc) is 2.66. The highest BCUT2D eigenvalue weighted by molar-refractivity contribution is 6.31. The van der Waals surface area contributed by atoms with Crippen LogP contribution in [0.4, 0.5) is 0 Å². The van der Waals surface area contributed by atoms with E-state index in [4.69, 9.17) is 11.6 Å². The number of hydrogen-bond acceptors (Lipinski definition) is 2. The summed E-state index contributed by atoms with van der Waals surface area (Å²) in [4.78, 5) is 0. The lowest BCUT2D eigenvalue weighted by Crippen LogP contribution is -2.29. The van der Waals surface area contributed by atoms with Crippen molar-refractivity contribution >= 4 is 11.6 Å². The SMILES string of the molecule is CCNCC1CCCCCC1Cc1c(Cl)c(CC)nn1C. The number of hydrogen-bond donors (Lipinski definition) is 1. The van der Waals surface area contributed by atoms with Gasteiger partial charge in [-0.2, -0.15) is 5.10 Å². The Balaban J connectivity index is 2.12. The van der Waals surface area contributed by atoms with Gasteiger partial charge in [0.25, 0.3) is 0 Å². The van der Waals surface area contributed by atoms with Crippen molar-refractivity contribution in [2.24, 2.45) is 18.9 Å². The Morgan fingerprint density at radius 1 is 1.19 bits per heavy atom. The van der Waals surface area contributed by atoms with E-state index in [0.717, 1.165) is 48.5 Å². The quantitative estimate of drug-likeness (QED) is 0.805. The Labute approximate surface area is 134 Å². The topological polar surface area (TPSA) is 29.9 Å². The van der Waals surface area contributed by atoms with E-state index in [9.17, 15) is 0 Å². The Kier molecular flexibility index (Phi) is 6.56.